The zero-order chi connectivity index (χ0) is 20.2. The molecule has 1 amide bonds. The fourth-order valence-electron chi connectivity index (χ4n) is 4.02. The Morgan fingerprint density at radius 2 is 2.17 bits per heavy atom. The van der Waals surface area contributed by atoms with Crippen LogP contribution in [0.4, 0.5) is 10.2 Å². The molecule has 4 heterocycles. The van der Waals surface area contributed by atoms with E-state index in [9.17, 15) is 9.18 Å². The number of furan rings is 1. The highest BCUT2D eigenvalue weighted by molar-refractivity contribution is 6.10. The highest BCUT2D eigenvalue weighted by Gasteiger charge is 2.39. The molecule has 8 heteroatoms. The van der Waals surface area contributed by atoms with Gasteiger partial charge in [-0.15, -0.1) is 0 Å². The van der Waals surface area contributed by atoms with Crippen molar-refractivity contribution in [1.82, 2.24) is 19.9 Å². The first-order chi connectivity index (χ1) is 14.0. The summed E-state index contributed by atoms with van der Waals surface area (Å²) in [6.07, 6.45) is 5.83. The van der Waals surface area contributed by atoms with Gasteiger partial charge in [-0.3, -0.25) is 9.78 Å². The molecule has 0 radical (unpaired) electrons. The van der Waals surface area contributed by atoms with Crippen LogP contribution < -0.4 is 5.32 Å². The average Bonchev–Trinajstić information content (AvgIpc) is 3.11. The molecule has 1 saturated carbocycles. The van der Waals surface area contributed by atoms with Gasteiger partial charge in [0.1, 0.15) is 23.7 Å². The van der Waals surface area contributed by atoms with E-state index in [1.165, 1.54) is 12.4 Å². The van der Waals surface area contributed by atoms with Crippen molar-refractivity contribution in [2.45, 2.75) is 44.6 Å². The first kappa shape index (κ1) is 18.0. The summed E-state index contributed by atoms with van der Waals surface area (Å²) in [4.78, 5) is 27.9. The molecule has 3 aromatic heterocycles. The van der Waals surface area contributed by atoms with Crippen molar-refractivity contribution in [1.29, 1.82) is 0 Å². The number of hydrogen-bond acceptors (Lipinski definition) is 6. The number of carbonyl (C=O) groups excluding carboxylic acids is 1. The van der Waals surface area contributed by atoms with Crippen molar-refractivity contribution in [3.8, 4) is 0 Å². The van der Waals surface area contributed by atoms with Crippen LogP contribution in [0.5, 0.6) is 0 Å². The second-order valence-electron chi connectivity index (χ2n) is 8.23. The second kappa shape index (κ2) is 6.50. The Balaban J connectivity index is 1.47. The summed E-state index contributed by atoms with van der Waals surface area (Å²) in [6, 6.07) is 2.99. The number of rotatable bonds is 4. The van der Waals surface area contributed by atoms with Gasteiger partial charge in [0.25, 0.3) is 5.91 Å². The molecule has 0 bridgehead atoms. The number of aryl methyl sites for hydroxylation is 1. The SMILES string of the molecule is Cc1oc2ncnc(NC3(C)CC3)c2c1C(=O)N1CCC(c2ncccc2F)C1. The van der Waals surface area contributed by atoms with Crippen LogP contribution in [0.15, 0.2) is 29.1 Å². The lowest BCUT2D eigenvalue weighted by Gasteiger charge is -2.18. The van der Waals surface area contributed by atoms with Gasteiger partial charge in [-0.2, -0.15) is 0 Å². The summed E-state index contributed by atoms with van der Waals surface area (Å²) in [6.45, 7) is 4.86. The highest BCUT2D eigenvalue weighted by Crippen LogP contribution is 2.40. The molecule has 3 aromatic rings. The summed E-state index contributed by atoms with van der Waals surface area (Å²) < 4.78 is 19.9. The predicted molar refractivity (Wildman–Crippen MR) is 105 cm³/mol. The first-order valence-electron chi connectivity index (χ1n) is 9.87. The van der Waals surface area contributed by atoms with Crippen molar-refractivity contribution in [2.75, 3.05) is 18.4 Å². The van der Waals surface area contributed by atoms with Crippen LogP contribution in [0.1, 0.15) is 53.9 Å². The maximum Gasteiger partial charge on any atom is 0.258 e. The first-order valence-corrected chi connectivity index (χ1v) is 9.87. The van der Waals surface area contributed by atoms with Crippen molar-refractivity contribution < 1.29 is 13.6 Å². The number of nitrogens with zero attached hydrogens (tertiary/aromatic N) is 4. The zero-order valence-corrected chi connectivity index (χ0v) is 16.4. The van der Waals surface area contributed by atoms with E-state index in [2.05, 4.69) is 27.2 Å². The van der Waals surface area contributed by atoms with Crippen molar-refractivity contribution in [2.24, 2.45) is 0 Å². The second-order valence-corrected chi connectivity index (χ2v) is 8.23. The fraction of sp³-hybridized carbons (Fsp3) is 0.429. The maximum atomic E-state index is 14.1. The van der Waals surface area contributed by atoms with E-state index in [1.807, 2.05) is 0 Å². The number of carbonyl (C=O) groups is 1. The van der Waals surface area contributed by atoms with Gasteiger partial charge < -0.3 is 14.6 Å². The van der Waals surface area contributed by atoms with E-state index < -0.39 is 0 Å². The third kappa shape index (κ3) is 3.12. The summed E-state index contributed by atoms with van der Waals surface area (Å²) in [5.74, 6) is 0.565. The molecule has 2 fully saturated rings. The van der Waals surface area contributed by atoms with Gasteiger partial charge in [-0.1, -0.05) is 0 Å². The lowest BCUT2D eigenvalue weighted by Crippen LogP contribution is -2.29. The van der Waals surface area contributed by atoms with Gasteiger partial charge in [0, 0.05) is 30.7 Å². The van der Waals surface area contributed by atoms with Gasteiger partial charge in [-0.25, -0.2) is 14.4 Å². The summed E-state index contributed by atoms with van der Waals surface area (Å²) in [7, 11) is 0. The largest absolute Gasteiger partial charge is 0.442 e. The van der Waals surface area contributed by atoms with Gasteiger partial charge >= 0.3 is 0 Å². The minimum Gasteiger partial charge on any atom is -0.442 e. The molecule has 1 N–H and O–H groups in total. The summed E-state index contributed by atoms with van der Waals surface area (Å²) >= 11 is 0. The van der Waals surface area contributed by atoms with Crippen molar-refractivity contribution in [3.63, 3.8) is 0 Å². The van der Waals surface area contributed by atoms with Gasteiger partial charge in [0.05, 0.1) is 16.6 Å². The molecule has 1 aliphatic heterocycles. The van der Waals surface area contributed by atoms with Crippen molar-refractivity contribution in [3.05, 3.63) is 47.5 Å². The molecule has 0 aromatic carbocycles. The van der Waals surface area contributed by atoms with E-state index in [0.717, 1.165) is 12.8 Å². The van der Waals surface area contributed by atoms with E-state index in [-0.39, 0.29) is 23.2 Å². The van der Waals surface area contributed by atoms with E-state index in [1.54, 1.807) is 24.1 Å². The Morgan fingerprint density at radius 3 is 2.93 bits per heavy atom. The van der Waals surface area contributed by atoms with Gasteiger partial charge in [0.2, 0.25) is 5.71 Å². The number of amides is 1. The molecule has 1 saturated heterocycles. The molecular formula is C21H22FN5O2. The fourth-order valence-corrected chi connectivity index (χ4v) is 4.02. The smallest absolute Gasteiger partial charge is 0.258 e. The number of aromatic nitrogens is 3. The van der Waals surface area contributed by atoms with E-state index in [4.69, 9.17) is 4.42 Å². The van der Waals surface area contributed by atoms with Crippen LogP contribution in [0.2, 0.25) is 0 Å². The third-order valence-electron chi connectivity index (χ3n) is 5.95. The molecule has 150 valence electrons. The Bertz CT molecular complexity index is 1110. The van der Waals surface area contributed by atoms with E-state index in [0.29, 0.717) is 53.4 Å². The minimum absolute atomic E-state index is 0.00200. The summed E-state index contributed by atoms with van der Waals surface area (Å²) in [5.41, 5.74) is 1.31. The molecule has 7 nitrogen and oxygen atoms in total. The number of hydrogen-bond donors (Lipinski definition) is 1. The topological polar surface area (TPSA) is 84.2 Å². The Morgan fingerprint density at radius 1 is 1.34 bits per heavy atom. The number of nitrogens with one attached hydrogen (secondary N) is 1. The van der Waals surface area contributed by atoms with Crippen LogP contribution in [0, 0.1) is 12.7 Å². The zero-order valence-electron chi connectivity index (χ0n) is 16.4. The lowest BCUT2D eigenvalue weighted by atomic mass is 10.0. The van der Waals surface area contributed by atoms with Crippen molar-refractivity contribution >= 4 is 22.8 Å². The van der Waals surface area contributed by atoms with Crippen LogP contribution in [-0.2, 0) is 0 Å². The number of likely N-dealkylation sites (tertiary alicyclic amines) is 1. The van der Waals surface area contributed by atoms with Gasteiger partial charge in [0.15, 0.2) is 0 Å². The molecule has 29 heavy (non-hydrogen) atoms. The molecular weight excluding hydrogens is 373 g/mol. The average molecular weight is 395 g/mol. The Labute approximate surface area is 167 Å². The normalized spacial score (nSPS) is 20.2. The third-order valence-corrected chi connectivity index (χ3v) is 5.95. The number of halogens is 1. The number of fused-ring (bicyclic) bond motifs is 1. The molecule has 0 spiro atoms. The molecule has 5 rings (SSSR count). The lowest BCUT2D eigenvalue weighted by molar-refractivity contribution is 0.0790. The standard InChI is InChI=1S/C21H22FN5O2/c1-12-15(16-18(26-21(2)6-7-21)24-11-25-19(16)29-12)20(28)27-9-5-13(10-27)17-14(22)4-3-8-23-17/h3-4,8,11,13H,5-7,9-10H2,1-2H3,(H,24,25,26). The van der Waals surface area contributed by atoms with Gasteiger partial charge in [-0.05, 0) is 45.2 Å². The maximum absolute atomic E-state index is 14.1. The molecule has 1 atom stereocenters. The number of anilines is 1. The molecule has 1 aliphatic carbocycles. The molecule has 2 aliphatic rings. The van der Waals surface area contributed by atoms with Crippen LogP contribution in [-0.4, -0.2) is 44.4 Å². The van der Waals surface area contributed by atoms with E-state index >= 15 is 0 Å². The highest BCUT2D eigenvalue weighted by atomic mass is 19.1. The van der Waals surface area contributed by atoms with Crippen LogP contribution in [0.25, 0.3) is 11.1 Å². The predicted octanol–water partition coefficient (Wildman–Crippen LogP) is 3.66. The quantitative estimate of drug-likeness (QED) is 0.726. The monoisotopic (exact) mass is 395 g/mol. The Kier molecular flexibility index (Phi) is 4.04. The number of pyridine rings is 1. The van der Waals surface area contributed by atoms with Crippen LogP contribution >= 0.6 is 0 Å². The minimum atomic E-state index is -0.325. The summed E-state index contributed by atoms with van der Waals surface area (Å²) in [5, 5.41) is 4.06. The Hall–Kier alpha value is -3.03. The van der Waals surface area contributed by atoms with Crippen LogP contribution in [0.3, 0.4) is 0 Å². The molecule has 1 unspecified atom stereocenters.